The Balaban J connectivity index is 1.63. The molecule has 3 rings (SSSR count). The predicted octanol–water partition coefficient (Wildman–Crippen LogP) is 1.19. The number of para-hydroxylation sites is 1. The Labute approximate surface area is 109 Å². The molecule has 19 heavy (non-hydrogen) atoms. The quantitative estimate of drug-likeness (QED) is 0.735. The second kappa shape index (κ2) is 4.93. The summed E-state index contributed by atoms with van der Waals surface area (Å²) in [7, 11) is 0. The van der Waals surface area contributed by atoms with E-state index in [9.17, 15) is 4.79 Å². The van der Waals surface area contributed by atoms with Gasteiger partial charge in [0.2, 0.25) is 0 Å². The van der Waals surface area contributed by atoms with Crippen LogP contribution in [0.15, 0.2) is 42.7 Å². The summed E-state index contributed by atoms with van der Waals surface area (Å²) >= 11 is 0. The number of benzene rings is 1. The van der Waals surface area contributed by atoms with E-state index < -0.39 is 0 Å². The van der Waals surface area contributed by atoms with Gasteiger partial charge in [-0.25, -0.2) is 0 Å². The fourth-order valence-corrected chi connectivity index (χ4v) is 1.93. The van der Waals surface area contributed by atoms with Crippen molar-refractivity contribution >= 4 is 16.8 Å². The third-order valence-electron chi connectivity index (χ3n) is 2.87. The third-order valence-corrected chi connectivity index (χ3v) is 2.87. The van der Waals surface area contributed by atoms with E-state index >= 15 is 0 Å². The highest BCUT2D eigenvalue weighted by Crippen LogP contribution is 2.14. The van der Waals surface area contributed by atoms with Crippen molar-refractivity contribution in [3.63, 3.8) is 0 Å². The molecule has 3 aromatic rings. The molecule has 0 saturated carbocycles. The maximum absolute atomic E-state index is 12.0. The predicted molar refractivity (Wildman–Crippen MR) is 70.7 cm³/mol. The van der Waals surface area contributed by atoms with Gasteiger partial charge < -0.3 is 10.3 Å². The second-order valence-electron chi connectivity index (χ2n) is 4.19. The SMILES string of the molecule is O=C(NCCn1ccnn1)c1cc2ccccc2[nH]1. The van der Waals surface area contributed by atoms with Crippen LogP contribution in [0.5, 0.6) is 0 Å². The Morgan fingerprint density at radius 3 is 3.05 bits per heavy atom. The molecule has 1 amide bonds. The average molecular weight is 255 g/mol. The van der Waals surface area contributed by atoms with Crippen molar-refractivity contribution in [1.82, 2.24) is 25.3 Å². The monoisotopic (exact) mass is 255 g/mol. The van der Waals surface area contributed by atoms with E-state index in [0.717, 1.165) is 10.9 Å². The lowest BCUT2D eigenvalue weighted by molar-refractivity contribution is 0.0947. The maximum atomic E-state index is 12.0. The second-order valence-corrected chi connectivity index (χ2v) is 4.19. The van der Waals surface area contributed by atoms with Crippen molar-refractivity contribution in [1.29, 1.82) is 0 Å². The summed E-state index contributed by atoms with van der Waals surface area (Å²) in [6, 6.07) is 9.65. The number of H-pyrrole nitrogens is 1. The molecule has 0 radical (unpaired) electrons. The summed E-state index contributed by atoms with van der Waals surface area (Å²) in [6.07, 6.45) is 3.37. The van der Waals surface area contributed by atoms with Gasteiger partial charge >= 0.3 is 0 Å². The number of rotatable bonds is 4. The minimum Gasteiger partial charge on any atom is -0.351 e. The molecule has 0 aliphatic rings. The van der Waals surface area contributed by atoms with Crippen molar-refractivity contribution in [3.05, 3.63) is 48.4 Å². The van der Waals surface area contributed by atoms with E-state index in [-0.39, 0.29) is 5.91 Å². The van der Waals surface area contributed by atoms with E-state index in [1.165, 1.54) is 0 Å². The van der Waals surface area contributed by atoms with E-state index in [0.29, 0.717) is 18.8 Å². The first-order valence-corrected chi connectivity index (χ1v) is 6.03. The number of hydrogen-bond acceptors (Lipinski definition) is 3. The molecule has 0 bridgehead atoms. The van der Waals surface area contributed by atoms with Gasteiger partial charge in [0, 0.05) is 23.6 Å². The number of fused-ring (bicyclic) bond motifs is 1. The van der Waals surface area contributed by atoms with Crippen LogP contribution in [0.3, 0.4) is 0 Å². The molecule has 0 aliphatic heterocycles. The molecule has 2 N–H and O–H groups in total. The van der Waals surface area contributed by atoms with Gasteiger partial charge in [-0.15, -0.1) is 5.10 Å². The highest BCUT2D eigenvalue weighted by atomic mass is 16.1. The molecular weight excluding hydrogens is 242 g/mol. The minimum absolute atomic E-state index is 0.115. The molecular formula is C13H13N5O. The number of hydrogen-bond donors (Lipinski definition) is 2. The smallest absolute Gasteiger partial charge is 0.267 e. The molecule has 0 fully saturated rings. The summed E-state index contributed by atoms with van der Waals surface area (Å²) in [6.45, 7) is 1.11. The van der Waals surface area contributed by atoms with Crippen LogP contribution in [0.2, 0.25) is 0 Å². The van der Waals surface area contributed by atoms with Crippen LogP contribution < -0.4 is 5.32 Å². The van der Waals surface area contributed by atoms with Crippen LogP contribution in [-0.4, -0.2) is 32.4 Å². The zero-order chi connectivity index (χ0) is 13.1. The highest BCUT2D eigenvalue weighted by Gasteiger charge is 2.08. The van der Waals surface area contributed by atoms with Crippen LogP contribution in [-0.2, 0) is 6.54 Å². The lowest BCUT2D eigenvalue weighted by atomic mass is 10.2. The summed E-state index contributed by atoms with van der Waals surface area (Å²) in [4.78, 5) is 15.0. The van der Waals surface area contributed by atoms with Gasteiger partial charge in [0.25, 0.3) is 5.91 Å². The first-order chi connectivity index (χ1) is 9.33. The molecule has 0 spiro atoms. The number of amides is 1. The molecule has 1 aromatic carbocycles. The third kappa shape index (κ3) is 2.47. The Morgan fingerprint density at radius 1 is 1.37 bits per heavy atom. The number of nitrogens with zero attached hydrogens (tertiary/aromatic N) is 3. The van der Waals surface area contributed by atoms with Gasteiger partial charge in [-0.2, -0.15) is 0 Å². The van der Waals surface area contributed by atoms with Gasteiger partial charge in [0.1, 0.15) is 5.69 Å². The van der Waals surface area contributed by atoms with E-state index in [1.54, 1.807) is 17.1 Å². The Bertz CT molecular complexity index is 653. The topological polar surface area (TPSA) is 75.6 Å². The zero-order valence-electron chi connectivity index (χ0n) is 10.2. The Hall–Kier alpha value is -2.63. The van der Waals surface area contributed by atoms with Crippen molar-refractivity contribution < 1.29 is 4.79 Å². The summed E-state index contributed by atoms with van der Waals surface area (Å²) in [5, 5.41) is 11.4. The van der Waals surface area contributed by atoms with Gasteiger partial charge in [0.05, 0.1) is 12.7 Å². The number of aromatic nitrogens is 4. The van der Waals surface area contributed by atoms with Gasteiger partial charge in [-0.3, -0.25) is 9.48 Å². The maximum Gasteiger partial charge on any atom is 0.267 e. The summed E-state index contributed by atoms with van der Waals surface area (Å²) < 4.78 is 1.67. The van der Waals surface area contributed by atoms with Crippen molar-refractivity contribution in [2.45, 2.75) is 6.54 Å². The van der Waals surface area contributed by atoms with Gasteiger partial charge in [-0.05, 0) is 12.1 Å². The van der Waals surface area contributed by atoms with Crippen molar-refractivity contribution in [2.75, 3.05) is 6.54 Å². The molecule has 6 nitrogen and oxygen atoms in total. The largest absolute Gasteiger partial charge is 0.351 e. The molecule has 0 aliphatic carbocycles. The summed E-state index contributed by atoms with van der Waals surface area (Å²) in [5.74, 6) is -0.115. The van der Waals surface area contributed by atoms with Crippen molar-refractivity contribution in [2.24, 2.45) is 0 Å². The van der Waals surface area contributed by atoms with Gasteiger partial charge in [-0.1, -0.05) is 23.4 Å². The van der Waals surface area contributed by atoms with Crippen LogP contribution in [0.25, 0.3) is 10.9 Å². The Kier molecular flexibility index (Phi) is 2.97. The molecule has 2 heterocycles. The minimum atomic E-state index is -0.115. The van der Waals surface area contributed by atoms with Crippen LogP contribution in [0.1, 0.15) is 10.5 Å². The lowest BCUT2D eigenvalue weighted by Crippen LogP contribution is -2.27. The first kappa shape index (κ1) is 11.5. The van der Waals surface area contributed by atoms with Crippen LogP contribution in [0.4, 0.5) is 0 Å². The zero-order valence-corrected chi connectivity index (χ0v) is 10.2. The fraction of sp³-hybridized carbons (Fsp3) is 0.154. The highest BCUT2D eigenvalue weighted by molar-refractivity contribution is 5.97. The lowest BCUT2D eigenvalue weighted by Gasteiger charge is -2.03. The fourth-order valence-electron chi connectivity index (χ4n) is 1.93. The normalized spacial score (nSPS) is 10.7. The standard InChI is InChI=1S/C13H13N5O/c19-13(14-5-7-18-8-6-15-17-18)12-9-10-3-1-2-4-11(10)16-12/h1-4,6,8-9,16H,5,7H2,(H,14,19). The van der Waals surface area contributed by atoms with E-state index in [1.807, 2.05) is 30.3 Å². The average Bonchev–Trinajstić information content (AvgIpc) is 3.07. The van der Waals surface area contributed by atoms with Crippen molar-refractivity contribution in [3.8, 4) is 0 Å². The van der Waals surface area contributed by atoms with Crippen LogP contribution in [0, 0.1) is 0 Å². The number of carbonyl (C=O) groups is 1. The Morgan fingerprint density at radius 2 is 2.26 bits per heavy atom. The number of aromatic amines is 1. The molecule has 0 unspecified atom stereocenters. The molecule has 96 valence electrons. The van der Waals surface area contributed by atoms with Gasteiger partial charge in [0.15, 0.2) is 0 Å². The first-order valence-electron chi connectivity index (χ1n) is 6.03. The summed E-state index contributed by atoms with van der Waals surface area (Å²) in [5.41, 5.74) is 1.53. The molecule has 6 heteroatoms. The van der Waals surface area contributed by atoms with E-state index in [2.05, 4.69) is 20.6 Å². The molecule has 0 atom stereocenters. The van der Waals surface area contributed by atoms with Crippen LogP contribution >= 0.6 is 0 Å². The number of nitrogens with one attached hydrogen (secondary N) is 2. The van der Waals surface area contributed by atoms with E-state index in [4.69, 9.17) is 0 Å². The molecule has 0 saturated heterocycles. The molecule has 2 aromatic heterocycles. The number of carbonyl (C=O) groups excluding carboxylic acids is 1.